The zero-order chi connectivity index (χ0) is 13.0. The van der Waals surface area contributed by atoms with Gasteiger partial charge in [0.05, 0.1) is 12.7 Å². The zero-order valence-corrected chi connectivity index (χ0v) is 10.3. The summed E-state index contributed by atoms with van der Waals surface area (Å²) in [5.74, 6) is 0.468. The van der Waals surface area contributed by atoms with Crippen LogP contribution in [0.5, 0.6) is 0 Å². The molecule has 0 aromatic carbocycles. The van der Waals surface area contributed by atoms with Crippen LogP contribution in [0.25, 0.3) is 0 Å². The number of aliphatic hydroxyl groups is 2. The van der Waals surface area contributed by atoms with Gasteiger partial charge in [0.1, 0.15) is 5.76 Å². The first-order valence-corrected chi connectivity index (χ1v) is 5.46. The van der Waals surface area contributed by atoms with E-state index in [-0.39, 0.29) is 30.7 Å². The molecule has 1 heterocycles. The van der Waals surface area contributed by atoms with Crippen LogP contribution in [0.15, 0.2) is 10.6 Å². The normalized spacial score (nSPS) is 12.8. The molecule has 1 rings (SSSR count). The summed E-state index contributed by atoms with van der Waals surface area (Å²) in [4.78, 5) is 13.1. The van der Waals surface area contributed by atoms with Gasteiger partial charge in [-0.15, -0.1) is 0 Å². The predicted octanol–water partition coefficient (Wildman–Crippen LogP) is 0.223. The average Bonchev–Trinajstić information content (AvgIpc) is 2.77. The molecule has 0 aliphatic rings. The van der Waals surface area contributed by atoms with E-state index in [9.17, 15) is 9.90 Å². The molecule has 1 unspecified atom stereocenters. The van der Waals surface area contributed by atoms with Crippen LogP contribution >= 0.6 is 0 Å². The van der Waals surface area contributed by atoms with Crippen molar-refractivity contribution in [2.75, 3.05) is 20.2 Å². The highest BCUT2D eigenvalue weighted by Gasteiger charge is 2.19. The minimum Gasteiger partial charge on any atom is -0.394 e. The van der Waals surface area contributed by atoms with Gasteiger partial charge in [0.2, 0.25) is 0 Å². The maximum absolute atomic E-state index is 11.8. The van der Waals surface area contributed by atoms with Crippen LogP contribution in [0.3, 0.4) is 0 Å². The average molecular weight is 242 g/mol. The van der Waals surface area contributed by atoms with Gasteiger partial charge in [0, 0.05) is 25.6 Å². The maximum Gasteiger partial charge on any atom is 0.275 e. The molecule has 0 bridgehead atoms. The minimum atomic E-state index is -0.944. The van der Waals surface area contributed by atoms with E-state index in [0.29, 0.717) is 5.76 Å². The summed E-state index contributed by atoms with van der Waals surface area (Å²) in [7, 11) is 1.53. The third-order valence-corrected chi connectivity index (χ3v) is 2.36. The Hall–Kier alpha value is -1.40. The molecule has 0 aliphatic carbocycles. The number of aromatic nitrogens is 1. The van der Waals surface area contributed by atoms with Crippen molar-refractivity contribution >= 4 is 5.91 Å². The Balaban J connectivity index is 2.68. The minimum absolute atomic E-state index is 0.0548. The lowest BCUT2D eigenvalue weighted by atomic mass is 10.1. The molecule has 6 heteroatoms. The largest absolute Gasteiger partial charge is 0.394 e. The second-order valence-corrected chi connectivity index (χ2v) is 4.29. The van der Waals surface area contributed by atoms with Gasteiger partial charge in [0.25, 0.3) is 5.91 Å². The number of hydrogen-bond donors (Lipinski definition) is 2. The Kier molecular flexibility index (Phi) is 4.65. The Morgan fingerprint density at radius 3 is 2.71 bits per heavy atom. The van der Waals surface area contributed by atoms with Crippen molar-refractivity contribution in [3.63, 3.8) is 0 Å². The molecular formula is C11H18N2O4. The van der Waals surface area contributed by atoms with Gasteiger partial charge in [-0.25, -0.2) is 0 Å². The van der Waals surface area contributed by atoms with Crippen molar-refractivity contribution in [1.29, 1.82) is 0 Å². The van der Waals surface area contributed by atoms with Gasteiger partial charge in [-0.2, -0.15) is 0 Å². The van der Waals surface area contributed by atoms with E-state index in [4.69, 9.17) is 9.63 Å². The van der Waals surface area contributed by atoms with Crippen molar-refractivity contribution in [2.24, 2.45) is 0 Å². The standard InChI is InChI=1S/C11H18N2O4/c1-7(2)10-4-9(12-17-10)11(16)13(3)5-8(15)6-14/h4,7-8,14-15H,5-6H2,1-3H3. The summed E-state index contributed by atoms with van der Waals surface area (Å²) in [6.45, 7) is 3.55. The topological polar surface area (TPSA) is 86.8 Å². The van der Waals surface area contributed by atoms with Crippen LogP contribution in [0.2, 0.25) is 0 Å². The first kappa shape index (κ1) is 13.7. The van der Waals surface area contributed by atoms with E-state index in [1.54, 1.807) is 6.07 Å². The predicted molar refractivity (Wildman–Crippen MR) is 60.6 cm³/mol. The lowest BCUT2D eigenvalue weighted by Crippen LogP contribution is -2.36. The molecule has 2 N–H and O–H groups in total. The van der Waals surface area contributed by atoms with E-state index in [1.807, 2.05) is 13.8 Å². The Morgan fingerprint density at radius 2 is 2.24 bits per heavy atom. The molecule has 0 saturated heterocycles. The van der Waals surface area contributed by atoms with Crippen LogP contribution in [0.1, 0.15) is 36.0 Å². The molecule has 1 aromatic heterocycles. The number of carbonyl (C=O) groups excluding carboxylic acids is 1. The third kappa shape index (κ3) is 3.54. The SMILES string of the molecule is CC(C)c1cc(C(=O)N(C)CC(O)CO)no1. The molecule has 1 atom stereocenters. The highest BCUT2D eigenvalue weighted by Crippen LogP contribution is 2.15. The molecule has 0 aliphatic heterocycles. The van der Waals surface area contributed by atoms with Crippen LogP contribution in [0.4, 0.5) is 0 Å². The Morgan fingerprint density at radius 1 is 1.59 bits per heavy atom. The molecule has 17 heavy (non-hydrogen) atoms. The van der Waals surface area contributed by atoms with Gasteiger partial charge in [0.15, 0.2) is 5.69 Å². The third-order valence-electron chi connectivity index (χ3n) is 2.36. The Bertz CT molecular complexity index is 375. The summed E-state index contributed by atoms with van der Waals surface area (Å²) >= 11 is 0. The summed E-state index contributed by atoms with van der Waals surface area (Å²) in [6, 6.07) is 1.59. The molecule has 1 amide bonds. The van der Waals surface area contributed by atoms with Crippen molar-refractivity contribution in [3.8, 4) is 0 Å². The van der Waals surface area contributed by atoms with Gasteiger partial charge in [-0.1, -0.05) is 19.0 Å². The smallest absolute Gasteiger partial charge is 0.275 e. The second kappa shape index (κ2) is 5.79. The Labute approximate surface area is 99.8 Å². The number of hydrogen-bond acceptors (Lipinski definition) is 5. The van der Waals surface area contributed by atoms with Crippen molar-refractivity contribution < 1.29 is 19.5 Å². The molecule has 0 spiro atoms. The number of rotatable bonds is 5. The lowest BCUT2D eigenvalue weighted by molar-refractivity contribution is 0.0513. The molecule has 6 nitrogen and oxygen atoms in total. The van der Waals surface area contributed by atoms with Crippen molar-refractivity contribution in [3.05, 3.63) is 17.5 Å². The van der Waals surface area contributed by atoms with E-state index in [2.05, 4.69) is 5.16 Å². The molecular weight excluding hydrogens is 224 g/mol. The molecule has 1 aromatic rings. The quantitative estimate of drug-likeness (QED) is 0.771. The fraction of sp³-hybridized carbons (Fsp3) is 0.636. The monoisotopic (exact) mass is 242 g/mol. The van der Waals surface area contributed by atoms with Crippen LogP contribution < -0.4 is 0 Å². The molecule has 96 valence electrons. The van der Waals surface area contributed by atoms with E-state index in [1.165, 1.54) is 11.9 Å². The maximum atomic E-state index is 11.8. The first-order chi connectivity index (χ1) is 7.95. The number of nitrogens with zero attached hydrogens (tertiary/aromatic N) is 2. The van der Waals surface area contributed by atoms with E-state index >= 15 is 0 Å². The van der Waals surface area contributed by atoms with Crippen molar-refractivity contribution in [1.82, 2.24) is 10.1 Å². The van der Waals surface area contributed by atoms with Gasteiger partial charge >= 0.3 is 0 Å². The van der Waals surface area contributed by atoms with Crippen LogP contribution in [0, 0.1) is 0 Å². The summed E-state index contributed by atoms with van der Waals surface area (Å²) in [6.07, 6.45) is -0.944. The van der Waals surface area contributed by atoms with E-state index < -0.39 is 6.10 Å². The van der Waals surface area contributed by atoms with Gasteiger partial charge in [-0.05, 0) is 0 Å². The molecule has 0 saturated carbocycles. The van der Waals surface area contributed by atoms with Gasteiger partial charge < -0.3 is 19.6 Å². The highest BCUT2D eigenvalue weighted by atomic mass is 16.5. The van der Waals surface area contributed by atoms with Crippen LogP contribution in [-0.2, 0) is 0 Å². The number of likely N-dealkylation sites (N-methyl/N-ethyl adjacent to an activating group) is 1. The highest BCUT2D eigenvalue weighted by molar-refractivity contribution is 5.92. The number of carbonyl (C=O) groups is 1. The van der Waals surface area contributed by atoms with Crippen LogP contribution in [-0.4, -0.2) is 52.5 Å². The molecule has 0 fully saturated rings. The summed E-state index contributed by atoms with van der Waals surface area (Å²) < 4.78 is 5.02. The summed E-state index contributed by atoms with van der Waals surface area (Å²) in [5, 5.41) is 21.6. The second-order valence-electron chi connectivity index (χ2n) is 4.29. The van der Waals surface area contributed by atoms with Crippen molar-refractivity contribution in [2.45, 2.75) is 25.9 Å². The molecule has 0 radical (unpaired) electrons. The fourth-order valence-electron chi connectivity index (χ4n) is 1.31. The zero-order valence-electron chi connectivity index (χ0n) is 10.3. The summed E-state index contributed by atoms with van der Waals surface area (Å²) in [5.41, 5.74) is 0.210. The first-order valence-electron chi connectivity index (χ1n) is 5.46. The lowest BCUT2D eigenvalue weighted by Gasteiger charge is -2.18. The number of aliphatic hydroxyl groups excluding tert-OH is 2. The fourth-order valence-corrected chi connectivity index (χ4v) is 1.31. The van der Waals surface area contributed by atoms with Gasteiger partial charge in [-0.3, -0.25) is 4.79 Å². The number of amides is 1. The van der Waals surface area contributed by atoms with E-state index in [0.717, 1.165) is 0 Å².